The monoisotopic (exact) mass is 347 g/mol. The molecule has 25 heavy (non-hydrogen) atoms. The van der Waals surface area contributed by atoms with Crippen LogP contribution in [0.3, 0.4) is 0 Å². The minimum absolute atomic E-state index is 0.0304. The van der Waals surface area contributed by atoms with Gasteiger partial charge in [0, 0.05) is 31.6 Å². The van der Waals surface area contributed by atoms with Crippen LogP contribution in [0.1, 0.15) is 25.8 Å². The van der Waals surface area contributed by atoms with Crippen molar-refractivity contribution in [3.05, 3.63) is 29.8 Å². The second kappa shape index (κ2) is 7.87. The lowest BCUT2D eigenvalue weighted by molar-refractivity contribution is -0.129. The van der Waals surface area contributed by atoms with E-state index in [1.165, 1.54) is 0 Å². The van der Waals surface area contributed by atoms with Crippen LogP contribution in [0.5, 0.6) is 5.75 Å². The van der Waals surface area contributed by atoms with Gasteiger partial charge in [0.1, 0.15) is 5.75 Å². The Labute approximate surface area is 150 Å². The molecule has 0 radical (unpaired) electrons. The van der Waals surface area contributed by atoms with Gasteiger partial charge in [0.25, 0.3) is 0 Å². The van der Waals surface area contributed by atoms with Crippen molar-refractivity contribution >= 4 is 11.8 Å². The van der Waals surface area contributed by atoms with Gasteiger partial charge in [-0.25, -0.2) is 0 Å². The van der Waals surface area contributed by atoms with E-state index in [1.54, 1.807) is 12.0 Å². The Morgan fingerprint density at radius 1 is 1.32 bits per heavy atom. The van der Waals surface area contributed by atoms with Crippen LogP contribution in [0, 0.1) is 5.92 Å². The van der Waals surface area contributed by atoms with Crippen LogP contribution in [0.2, 0.25) is 0 Å². The van der Waals surface area contributed by atoms with Crippen molar-refractivity contribution in [2.45, 2.75) is 32.4 Å². The highest BCUT2D eigenvalue weighted by molar-refractivity contribution is 5.89. The van der Waals surface area contributed by atoms with E-state index in [4.69, 9.17) is 4.74 Å². The van der Waals surface area contributed by atoms with E-state index in [1.807, 2.05) is 38.4 Å². The number of likely N-dealkylation sites (N-methyl/N-ethyl adjacent to an activating group) is 1. The van der Waals surface area contributed by atoms with Crippen LogP contribution in [0.15, 0.2) is 24.3 Å². The topological polar surface area (TPSA) is 61.9 Å². The summed E-state index contributed by atoms with van der Waals surface area (Å²) in [7, 11) is 5.60. The quantitative estimate of drug-likeness (QED) is 0.812. The van der Waals surface area contributed by atoms with Gasteiger partial charge in [-0.15, -0.1) is 0 Å². The molecule has 1 heterocycles. The number of carbonyl (C=O) groups is 2. The summed E-state index contributed by atoms with van der Waals surface area (Å²) in [6.07, 6.45) is 0.282. The zero-order valence-electron chi connectivity index (χ0n) is 15.8. The maximum absolute atomic E-state index is 12.4. The molecule has 0 aliphatic carbocycles. The first-order valence-electron chi connectivity index (χ1n) is 8.59. The maximum Gasteiger partial charge on any atom is 0.225 e. The molecule has 138 valence electrons. The average molecular weight is 347 g/mol. The number of carbonyl (C=O) groups excluding carboxylic acids is 2. The standard InChI is InChI=1S/C19H29N3O3/c1-19(2,21(3)4)13-20-18(24)15-10-17(23)22(12-15)11-14-6-8-16(25-5)9-7-14/h6-9,15H,10-13H2,1-5H3,(H,20,24). The molecule has 6 nitrogen and oxygen atoms in total. The summed E-state index contributed by atoms with van der Waals surface area (Å²) in [4.78, 5) is 28.5. The predicted octanol–water partition coefficient (Wildman–Crippen LogP) is 1.50. The molecule has 1 unspecified atom stereocenters. The van der Waals surface area contributed by atoms with Crippen LogP contribution < -0.4 is 10.1 Å². The van der Waals surface area contributed by atoms with Crippen molar-refractivity contribution < 1.29 is 14.3 Å². The molecule has 0 aromatic heterocycles. The molecule has 1 atom stereocenters. The van der Waals surface area contributed by atoms with Crippen molar-refractivity contribution in [1.29, 1.82) is 0 Å². The molecule has 0 saturated carbocycles. The van der Waals surface area contributed by atoms with Gasteiger partial charge in [-0.1, -0.05) is 12.1 Å². The maximum atomic E-state index is 12.4. The highest BCUT2D eigenvalue weighted by Gasteiger charge is 2.34. The highest BCUT2D eigenvalue weighted by Crippen LogP contribution is 2.22. The molecule has 6 heteroatoms. The SMILES string of the molecule is COc1ccc(CN2CC(C(=O)NCC(C)(C)N(C)C)CC2=O)cc1. The lowest BCUT2D eigenvalue weighted by atomic mass is 10.0. The first kappa shape index (κ1) is 19.2. The zero-order valence-corrected chi connectivity index (χ0v) is 15.8. The van der Waals surface area contributed by atoms with Crippen molar-refractivity contribution in [3.8, 4) is 5.75 Å². The van der Waals surface area contributed by atoms with Gasteiger partial charge in [0.05, 0.1) is 13.0 Å². The number of nitrogens with zero attached hydrogens (tertiary/aromatic N) is 2. The van der Waals surface area contributed by atoms with E-state index in [9.17, 15) is 9.59 Å². The summed E-state index contributed by atoms with van der Waals surface area (Å²) in [5, 5.41) is 2.99. The first-order valence-corrected chi connectivity index (χ1v) is 8.59. The van der Waals surface area contributed by atoms with Gasteiger partial charge >= 0.3 is 0 Å². The molecule has 2 amide bonds. The van der Waals surface area contributed by atoms with E-state index in [-0.39, 0.29) is 29.7 Å². The lowest BCUT2D eigenvalue weighted by Crippen LogP contribution is -2.49. The molecular weight excluding hydrogens is 318 g/mol. The van der Waals surface area contributed by atoms with Crippen LogP contribution in [-0.2, 0) is 16.1 Å². The summed E-state index contributed by atoms with van der Waals surface area (Å²) in [6.45, 7) is 5.70. The molecular formula is C19H29N3O3. The lowest BCUT2D eigenvalue weighted by Gasteiger charge is -2.33. The zero-order chi connectivity index (χ0) is 18.6. The molecule has 1 aromatic carbocycles. The normalized spacial score (nSPS) is 17.9. The second-order valence-electron chi connectivity index (χ2n) is 7.45. The predicted molar refractivity (Wildman–Crippen MR) is 97.3 cm³/mol. The summed E-state index contributed by atoms with van der Waals surface area (Å²) in [5.41, 5.74) is 0.907. The first-order chi connectivity index (χ1) is 11.7. The highest BCUT2D eigenvalue weighted by atomic mass is 16.5. The Kier molecular flexibility index (Phi) is 6.06. The number of hydrogen-bond acceptors (Lipinski definition) is 4. The fourth-order valence-corrected chi connectivity index (χ4v) is 2.66. The smallest absolute Gasteiger partial charge is 0.225 e. The number of rotatable bonds is 7. The largest absolute Gasteiger partial charge is 0.497 e. The third-order valence-electron chi connectivity index (χ3n) is 5.02. The molecule has 1 aliphatic heterocycles. The summed E-state index contributed by atoms with van der Waals surface area (Å²) < 4.78 is 5.14. The van der Waals surface area contributed by atoms with E-state index in [0.29, 0.717) is 19.6 Å². The minimum atomic E-state index is -0.274. The van der Waals surface area contributed by atoms with Crippen molar-refractivity contribution in [2.24, 2.45) is 5.92 Å². The van der Waals surface area contributed by atoms with Crippen LogP contribution in [-0.4, -0.2) is 61.4 Å². The van der Waals surface area contributed by atoms with Gasteiger partial charge in [0.2, 0.25) is 11.8 Å². The van der Waals surface area contributed by atoms with Gasteiger partial charge in [-0.2, -0.15) is 0 Å². The fraction of sp³-hybridized carbons (Fsp3) is 0.579. The number of ether oxygens (including phenoxy) is 1. The van der Waals surface area contributed by atoms with Gasteiger partial charge in [-0.05, 0) is 45.6 Å². The number of amides is 2. The fourth-order valence-electron chi connectivity index (χ4n) is 2.66. The third kappa shape index (κ3) is 4.95. The number of likely N-dealkylation sites (tertiary alicyclic amines) is 1. The second-order valence-corrected chi connectivity index (χ2v) is 7.45. The number of methoxy groups -OCH3 is 1. The van der Waals surface area contributed by atoms with Gasteiger partial charge < -0.3 is 19.9 Å². The Morgan fingerprint density at radius 2 is 1.96 bits per heavy atom. The summed E-state index contributed by atoms with van der Waals surface area (Å²) in [6, 6.07) is 7.64. The van der Waals surface area contributed by atoms with Crippen LogP contribution >= 0.6 is 0 Å². The molecule has 1 N–H and O–H groups in total. The van der Waals surface area contributed by atoms with Crippen molar-refractivity contribution in [3.63, 3.8) is 0 Å². The number of benzene rings is 1. The van der Waals surface area contributed by atoms with Crippen LogP contribution in [0.25, 0.3) is 0 Å². The van der Waals surface area contributed by atoms with Gasteiger partial charge in [0.15, 0.2) is 0 Å². The Morgan fingerprint density at radius 3 is 2.52 bits per heavy atom. The molecule has 0 bridgehead atoms. The Balaban J connectivity index is 1.89. The molecule has 1 fully saturated rings. The molecule has 2 rings (SSSR count). The van der Waals surface area contributed by atoms with Crippen molar-refractivity contribution in [1.82, 2.24) is 15.1 Å². The third-order valence-corrected chi connectivity index (χ3v) is 5.02. The number of hydrogen-bond donors (Lipinski definition) is 1. The van der Waals surface area contributed by atoms with E-state index in [0.717, 1.165) is 11.3 Å². The Hall–Kier alpha value is -2.08. The molecule has 1 aromatic rings. The van der Waals surface area contributed by atoms with Crippen molar-refractivity contribution in [2.75, 3.05) is 34.3 Å². The molecule has 1 saturated heterocycles. The van der Waals surface area contributed by atoms with E-state index < -0.39 is 0 Å². The van der Waals surface area contributed by atoms with E-state index in [2.05, 4.69) is 24.1 Å². The molecule has 1 aliphatic rings. The summed E-state index contributed by atoms with van der Waals surface area (Å²) >= 11 is 0. The van der Waals surface area contributed by atoms with E-state index >= 15 is 0 Å². The molecule has 0 spiro atoms. The number of nitrogens with one attached hydrogen (secondary N) is 1. The van der Waals surface area contributed by atoms with Crippen LogP contribution in [0.4, 0.5) is 0 Å². The van der Waals surface area contributed by atoms with Gasteiger partial charge in [-0.3, -0.25) is 9.59 Å². The minimum Gasteiger partial charge on any atom is -0.497 e. The Bertz CT molecular complexity index is 611. The average Bonchev–Trinajstić information content (AvgIpc) is 2.94. The summed E-state index contributed by atoms with van der Waals surface area (Å²) in [5.74, 6) is 0.504.